The van der Waals surface area contributed by atoms with Gasteiger partial charge in [0.05, 0.1) is 13.7 Å². The minimum atomic E-state index is -0.0741. The fourth-order valence-corrected chi connectivity index (χ4v) is 3.41. The Bertz CT molecular complexity index is 1010. The van der Waals surface area contributed by atoms with Crippen LogP contribution in [-0.4, -0.2) is 35.4 Å². The van der Waals surface area contributed by atoms with Crippen LogP contribution < -0.4 is 10.1 Å². The maximum Gasteiger partial charge on any atom is 0.254 e. The van der Waals surface area contributed by atoms with E-state index < -0.39 is 0 Å². The summed E-state index contributed by atoms with van der Waals surface area (Å²) in [6.07, 6.45) is 0.285. The second-order valence-electron chi connectivity index (χ2n) is 6.66. The molecular weight excluding hydrogens is 342 g/mol. The van der Waals surface area contributed by atoms with Gasteiger partial charge in [0.15, 0.2) is 0 Å². The summed E-state index contributed by atoms with van der Waals surface area (Å²) in [6.45, 7) is 1.42. The van der Waals surface area contributed by atoms with Crippen LogP contribution in [0, 0.1) is 0 Å². The van der Waals surface area contributed by atoms with Crippen molar-refractivity contribution in [3.05, 3.63) is 65.4 Å². The Morgan fingerprint density at radius 1 is 1.22 bits per heavy atom. The summed E-state index contributed by atoms with van der Waals surface area (Å²) in [5.41, 5.74) is 3.69. The Kier molecular flexibility index (Phi) is 4.54. The summed E-state index contributed by atoms with van der Waals surface area (Å²) in [5, 5.41) is 3.95. The second-order valence-corrected chi connectivity index (χ2v) is 6.66. The van der Waals surface area contributed by atoms with E-state index in [0.29, 0.717) is 19.6 Å². The van der Waals surface area contributed by atoms with Crippen LogP contribution in [0.4, 0.5) is 0 Å². The highest BCUT2D eigenvalue weighted by molar-refractivity contribution is 5.98. The molecule has 0 bridgehead atoms. The summed E-state index contributed by atoms with van der Waals surface area (Å²) >= 11 is 0. The number of carbonyl (C=O) groups is 2. The van der Waals surface area contributed by atoms with Gasteiger partial charge in [-0.15, -0.1) is 0 Å². The highest BCUT2D eigenvalue weighted by Gasteiger charge is 2.26. The number of ether oxygens (including phenoxy) is 1. The second kappa shape index (κ2) is 7.15. The van der Waals surface area contributed by atoms with E-state index in [4.69, 9.17) is 4.74 Å². The lowest BCUT2D eigenvalue weighted by molar-refractivity contribution is -0.121. The minimum absolute atomic E-state index is 0.00275. The molecule has 2 heterocycles. The molecule has 27 heavy (non-hydrogen) atoms. The number of hydrogen-bond donors (Lipinski definition) is 2. The largest absolute Gasteiger partial charge is 0.497 e. The number of nitrogens with one attached hydrogen (secondary N) is 2. The number of nitrogens with zero attached hydrogens (tertiary/aromatic N) is 1. The molecule has 2 aromatic carbocycles. The Labute approximate surface area is 157 Å². The van der Waals surface area contributed by atoms with Crippen molar-refractivity contribution >= 4 is 22.7 Å². The van der Waals surface area contributed by atoms with Crippen molar-refractivity contribution < 1.29 is 14.3 Å². The van der Waals surface area contributed by atoms with Crippen LogP contribution in [0.2, 0.25) is 0 Å². The molecule has 1 aromatic heterocycles. The third-order valence-corrected chi connectivity index (χ3v) is 4.86. The van der Waals surface area contributed by atoms with Gasteiger partial charge >= 0.3 is 0 Å². The van der Waals surface area contributed by atoms with Crippen LogP contribution in [0.15, 0.2) is 48.5 Å². The Morgan fingerprint density at radius 3 is 2.89 bits per heavy atom. The monoisotopic (exact) mass is 363 g/mol. The van der Waals surface area contributed by atoms with Gasteiger partial charge in [-0.3, -0.25) is 9.59 Å². The molecule has 3 aromatic rings. The number of aromatic nitrogens is 1. The van der Waals surface area contributed by atoms with Crippen molar-refractivity contribution in [2.24, 2.45) is 0 Å². The van der Waals surface area contributed by atoms with E-state index in [2.05, 4.69) is 10.3 Å². The smallest absolute Gasteiger partial charge is 0.254 e. The number of rotatable bonds is 6. The molecular formula is C21H21N3O3. The summed E-state index contributed by atoms with van der Waals surface area (Å²) in [7, 11) is 1.64. The lowest BCUT2D eigenvalue weighted by atomic mass is 10.1. The number of carbonyl (C=O) groups excluding carboxylic acids is 2. The molecule has 2 amide bonds. The summed E-state index contributed by atoms with van der Waals surface area (Å²) in [6, 6.07) is 15.4. The van der Waals surface area contributed by atoms with Crippen molar-refractivity contribution in [3.8, 4) is 5.75 Å². The van der Waals surface area contributed by atoms with Gasteiger partial charge in [-0.25, -0.2) is 0 Å². The standard InChI is InChI=1S/C21H21N3O3/c1-27-17-6-7-19-15(11-17)10-16(23-19)12-22-20(25)8-9-24-13-14-4-2-3-5-18(14)21(24)26/h2-7,10-11,23H,8-9,12-13H2,1H3,(H,22,25). The first kappa shape index (κ1) is 17.1. The molecule has 0 saturated carbocycles. The molecule has 2 N–H and O–H groups in total. The molecule has 138 valence electrons. The number of amides is 2. The van der Waals surface area contributed by atoms with Gasteiger partial charge in [0.2, 0.25) is 5.91 Å². The first-order chi connectivity index (χ1) is 13.1. The summed E-state index contributed by atoms with van der Waals surface area (Å²) < 4.78 is 5.23. The van der Waals surface area contributed by atoms with Gasteiger partial charge in [0, 0.05) is 41.7 Å². The average Bonchev–Trinajstić information content (AvgIpc) is 3.25. The number of methoxy groups -OCH3 is 1. The number of aromatic amines is 1. The van der Waals surface area contributed by atoms with Gasteiger partial charge in [-0.1, -0.05) is 18.2 Å². The number of fused-ring (bicyclic) bond motifs is 2. The topological polar surface area (TPSA) is 74.4 Å². The van der Waals surface area contributed by atoms with E-state index in [1.165, 1.54) is 0 Å². The van der Waals surface area contributed by atoms with Crippen LogP contribution in [-0.2, 0) is 17.9 Å². The Morgan fingerprint density at radius 2 is 2.07 bits per heavy atom. The zero-order valence-electron chi connectivity index (χ0n) is 15.1. The quantitative estimate of drug-likeness (QED) is 0.707. The van der Waals surface area contributed by atoms with E-state index in [0.717, 1.165) is 33.5 Å². The minimum Gasteiger partial charge on any atom is -0.497 e. The maximum absolute atomic E-state index is 12.3. The molecule has 0 saturated heterocycles. The van der Waals surface area contributed by atoms with Crippen molar-refractivity contribution in [2.45, 2.75) is 19.5 Å². The van der Waals surface area contributed by atoms with E-state index in [1.54, 1.807) is 12.0 Å². The molecule has 0 aliphatic carbocycles. The third kappa shape index (κ3) is 3.51. The molecule has 0 atom stereocenters. The third-order valence-electron chi connectivity index (χ3n) is 4.86. The zero-order chi connectivity index (χ0) is 18.8. The summed E-state index contributed by atoms with van der Waals surface area (Å²) in [4.78, 5) is 29.5. The Hall–Kier alpha value is -3.28. The van der Waals surface area contributed by atoms with E-state index in [1.807, 2.05) is 48.5 Å². The van der Waals surface area contributed by atoms with Crippen molar-refractivity contribution in [1.29, 1.82) is 0 Å². The molecule has 0 fully saturated rings. The predicted octanol–water partition coefficient (Wildman–Crippen LogP) is 2.84. The van der Waals surface area contributed by atoms with Crippen molar-refractivity contribution in [1.82, 2.24) is 15.2 Å². The molecule has 6 heteroatoms. The maximum atomic E-state index is 12.3. The highest BCUT2D eigenvalue weighted by atomic mass is 16.5. The molecule has 4 rings (SSSR count). The van der Waals surface area contributed by atoms with Crippen molar-refractivity contribution in [3.63, 3.8) is 0 Å². The number of hydrogen-bond acceptors (Lipinski definition) is 3. The van der Waals surface area contributed by atoms with Gasteiger partial charge in [0.1, 0.15) is 5.75 Å². The zero-order valence-corrected chi connectivity index (χ0v) is 15.1. The van der Waals surface area contributed by atoms with Crippen LogP contribution in [0.1, 0.15) is 28.0 Å². The summed E-state index contributed by atoms with van der Waals surface area (Å²) in [5.74, 6) is 0.728. The number of H-pyrrole nitrogens is 1. The van der Waals surface area contributed by atoms with Gasteiger partial charge in [-0.2, -0.15) is 0 Å². The normalized spacial score (nSPS) is 13.1. The highest BCUT2D eigenvalue weighted by Crippen LogP contribution is 2.23. The van der Waals surface area contributed by atoms with Crippen molar-refractivity contribution in [2.75, 3.05) is 13.7 Å². The lowest BCUT2D eigenvalue weighted by Gasteiger charge is -2.15. The SMILES string of the molecule is COc1ccc2[nH]c(CNC(=O)CCN3Cc4ccccc4C3=O)cc2c1. The molecule has 0 spiro atoms. The first-order valence-electron chi connectivity index (χ1n) is 8.93. The van der Waals surface area contributed by atoms with Gasteiger partial charge in [0.25, 0.3) is 5.91 Å². The van der Waals surface area contributed by atoms with Gasteiger partial charge < -0.3 is 19.9 Å². The number of benzene rings is 2. The molecule has 0 radical (unpaired) electrons. The molecule has 1 aliphatic rings. The molecule has 1 aliphatic heterocycles. The predicted molar refractivity (Wildman–Crippen MR) is 102 cm³/mol. The van der Waals surface area contributed by atoms with Gasteiger partial charge in [-0.05, 0) is 35.9 Å². The first-order valence-corrected chi connectivity index (χ1v) is 8.93. The fraction of sp³-hybridized carbons (Fsp3) is 0.238. The Balaban J connectivity index is 1.30. The van der Waals surface area contributed by atoms with E-state index in [9.17, 15) is 9.59 Å². The van der Waals surface area contributed by atoms with E-state index in [-0.39, 0.29) is 18.2 Å². The molecule has 0 unspecified atom stereocenters. The average molecular weight is 363 g/mol. The fourth-order valence-electron chi connectivity index (χ4n) is 3.41. The molecule has 6 nitrogen and oxygen atoms in total. The van der Waals surface area contributed by atoms with Crippen LogP contribution in [0.3, 0.4) is 0 Å². The van der Waals surface area contributed by atoms with Crippen LogP contribution >= 0.6 is 0 Å². The van der Waals surface area contributed by atoms with Crippen LogP contribution in [0.5, 0.6) is 5.75 Å². The lowest BCUT2D eigenvalue weighted by Crippen LogP contribution is -2.31. The van der Waals surface area contributed by atoms with E-state index >= 15 is 0 Å². The van der Waals surface area contributed by atoms with Crippen LogP contribution in [0.25, 0.3) is 10.9 Å².